The van der Waals surface area contributed by atoms with Crippen LogP contribution in [0.15, 0.2) is 66.3 Å². The van der Waals surface area contributed by atoms with E-state index in [0.717, 1.165) is 16.2 Å². The Kier molecular flexibility index (Phi) is 6.88. The summed E-state index contributed by atoms with van der Waals surface area (Å²) in [5, 5.41) is 3.66. The zero-order valence-electron chi connectivity index (χ0n) is 16.7. The number of amides is 1. The zero-order chi connectivity index (χ0) is 20.8. The van der Waals surface area contributed by atoms with E-state index < -0.39 is 0 Å². The third-order valence-electron chi connectivity index (χ3n) is 4.35. The van der Waals surface area contributed by atoms with Crippen molar-refractivity contribution in [3.63, 3.8) is 0 Å². The zero-order valence-corrected chi connectivity index (χ0v) is 17.5. The molecule has 0 unspecified atom stereocenters. The molecule has 1 aromatic heterocycles. The van der Waals surface area contributed by atoms with Crippen LogP contribution in [0.4, 0.5) is 5.69 Å². The second-order valence-corrected chi connectivity index (χ2v) is 8.16. The maximum absolute atomic E-state index is 12.6. The number of nitrogens with zero attached hydrogens (tertiary/aromatic N) is 2. The van der Waals surface area contributed by atoms with Gasteiger partial charge in [0.15, 0.2) is 10.9 Å². The van der Waals surface area contributed by atoms with E-state index in [1.807, 2.05) is 44.2 Å². The molecule has 0 atom stereocenters. The summed E-state index contributed by atoms with van der Waals surface area (Å²) in [4.78, 5) is 29.1. The lowest BCUT2D eigenvalue weighted by molar-refractivity contribution is -0.116. The molecule has 5 nitrogen and oxygen atoms in total. The molecule has 0 aliphatic carbocycles. The Morgan fingerprint density at radius 3 is 2.59 bits per heavy atom. The number of carbonyl (C=O) groups is 2. The maximum atomic E-state index is 12.6. The lowest BCUT2D eigenvalue weighted by atomic mass is 10.1. The van der Waals surface area contributed by atoms with Gasteiger partial charge in [-0.3, -0.25) is 9.59 Å². The summed E-state index contributed by atoms with van der Waals surface area (Å²) in [7, 11) is 0. The number of allylic oxidation sites excluding steroid dienone is 1. The second kappa shape index (κ2) is 9.56. The number of Topliss-reactive ketones (excluding diaryl/α,β-unsaturated/α-hetero) is 1. The molecule has 0 spiro atoms. The van der Waals surface area contributed by atoms with Gasteiger partial charge >= 0.3 is 0 Å². The summed E-state index contributed by atoms with van der Waals surface area (Å²) in [5.74, 6) is 0.598. The van der Waals surface area contributed by atoms with Crippen LogP contribution in [0.3, 0.4) is 0 Å². The molecule has 0 aliphatic heterocycles. The summed E-state index contributed by atoms with van der Waals surface area (Å²) in [6, 6.07) is 14.9. The van der Waals surface area contributed by atoms with Crippen molar-refractivity contribution in [1.29, 1.82) is 0 Å². The standard InChI is InChI=1S/C23H25N3O2S/c1-4-13-26-20-8-6-5-7-19(20)25-23(26)29-15-21(27)17-9-11-18(12-10-17)24-22(28)14-16(2)3/h4-12,16H,1,13-15H2,2-3H3,(H,24,28). The predicted molar refractivity (Wildman–Crippen MR) is 120 cm³/mol. The third-order valence-corrected chi connectivity index (χ3v) is 5.32. The Bertz CT molecular complexity index is 1020. The molecule has 150 valence electrons. The Labute approximate surface area is 175 Å². The Morgan fingerprint density at radius 1 is 1.17 bits per heavy atom. The molecule has 0 radical (unpaired) electrons. The van der Waals surface area contributed by atoms with Gasteiger partial charge in [0.2, 0.25) is 5.91 Å². The minimum absolute atomic E-state index is 0.0178. The smallest absolute Gasteiger partial charge is 0.224 e. The average Bonchev–Trinajstić information content (AvgIpc) is 3.04. The summed E-state index contributed by atoms with van der Waals surface area (Å²) in [6.07, 6.45) is 2.30. The number of ketones is 1. The highest BCUT2D eigenvalue weighted by Gasteiger charge is 2.13. The summed E-state index contributed by atoms with van der Waals surface area (Å²) in [6.45, 7) is 8.46. The molecular weight excluding hydrogens is 382 g/mol. The molecule has 1 heterocycles. The van der Waals surface area contributed by atoms with Crippen molar-refractivity contribution in [2.24, 2.45) is 5.92 Å². The maximum Gasteiger partial charge on any atom is 0.224 e. The van der Waals surface area contributed by atoms with Gasteiger partial charge < -0.3 is 9.88 Å². The quantitative estimate of drug-likeness (QED) is 0.301. The third kappa shape index (κ3) is 5.35. The molecule has 3 aromatic rings. The van der Waals surface area contributed by atoms with E-state index >= 15 is 0 Å². The first kappa shape index (κ1) is 20.9. The lowest BCUT2D eigenvalue weighted by Crippen LogP contribution is -2.14. The normalized spacial score (nSPS) is 11.0. The van der Waals surface area contributed by atoms with Crippen molar-refractivity contribution in [2.75, 3.05) is 11.1 Å². The minimum Gasteiger partial charge on any atom is -0.326 e. The molecule has 0 saturated heterocycles. The Hall–Kier alpha value is -2.86. The van der Waals surface area contributed by atoms with Gasteiger partial charge in [-0.2, -0.15) is 0 Å². The van der Waals surface area contributed by atoms with E-state index in [9.17, 15) is 9.59 Å². The monoisotopic (exact) mass is 407 g/mol. The van der Waals surface area contributed by atoms with Gasteiger partial charge in [0, 0.05) is 24.2 Å². The van der Waals surface area contributed by atoms with Crippen LogP contribution >= 0.6 is 11.8 Å². The fourth-order valence-corrected chi connectivity index (χ4v) is 3.92. The molecule has 2 aromatic carbocycles. The first-order chi connectivity index (χ1) is 14.0. The number of hydrogen-bond donors (Lipinski definition) is 1. The van der Waals surface area contributed by atoms with Gasteiger partial charge in [-0.1, -0.05) is 43.8 Å². The summed E-state index contributed by atoms with van der Waals surface area (Å²) < 4.78 is 2.06. The van der Waals surface area contributed by atoms with E-state index in [4.69, 9.17) is 0 Å². The van der Waals surface area contributed by atoms with Crippen LogP contribution in [0.25, 0.3) is 11.0 Å². The van der Waals surface area contributed by atoms with Crippen molar-refractivity contribution >= 4 is 40.2 Å². The molecule has 0 aliphatic rings. The Balaban J connectivity index is 1.65. The van der Waals surface area contributed by atoms with Gasteiger partial charge in [-0.25, -0.2) is 4.98 Å². The topological polar surface area (TPSA) is 64.0 Å². The van der Waals surface area contributed by atoms with Crippen molar-refractivity contribution in [1.82, 2.24) is 9.55 Å². The minimum atomic E-state index is -0.0178. The molecular formula is C23H25N3O2S. The number of thioether (sulfide) groups is 1. The number of para-hydroxylation sites is 2. The van der Waals surface area contributed by atoms with E-state index in [0.29, 0.717) is 35.9 Å². The first-order valence-electron chi connectivity index (χ1n) is 9.60. The van der Waals surface area contributed by atoms with Crippen LogP contribution in [-0.2, 0) is 11.3 Å². The average molecular weight is 408 g/mol. The van der Waals surface area contributed by atoms with E-state index in [1.54, 1.807) is 24.3 Å². The number of carbonyl (C=O) groups excluding carboxylic acids is 2. The number of rotatable bonds is 9. The number of hydrogen-bond acceptors (Lipinski definition) is 4. The van der Waals surface area contributed by atoms with Gasteiger partial charge in [0.05, 0.1) is 16.8 Å². The highest BCUT2D eigenvalue weighted by molar-refractivity contribution is 7.99. The number of anilines is 1. The fourth-order valence-electron chi connectivity index (χ4n) is 3.00. The lowest BCUT2D eigenvalue weighted by Gasteiger charge is -2.08. The molecule has 0 saturated carbocycles. The van der Waals surface area contributed by atoms with Crippen molar-refractivity contribution in [3.8, 4) is 0 Å². The largest absolute Gasteiger partial charge is 0.326 e. The number of fused-ring (bicyclic) bond motifs is 1. The summed E-state index contributed by atoms with van der Waals surface area (Å²) in [5.41, 5.74) is 3.26. The highest BCUT2D eigenvalue weighted by Crippen LogP contribution is 2.25. The van der Waals surface area contributed by atoms with Crippen LogP contribution in [-0.4, -0.2) is 27.0 Å². The molecule has 1 amide bonds. The molecule has 3 rings (SSSR count). The molecule has 6 heteroatoms. The SMILES string of the molecule is C=CCn1c(SCC(=O)c2ccc(NC(=O)CC(C)C)cc2)nc2ccccc21. The van der Waals surface area contributed by atoms with Crippen LogP contribution in [0.1, 0.15) is 30.6 Å². The number of imidazole rings is 1. The van der Waals surface area contributed by atoms with Gasteiger partial charge in [-0.15, -0.1) is 6.58 Å². The summed E-state index contributed by atoms with van der Waals surface area (Å²) >= 11 is 1.42. The van der Waals surface area contributed by atoms with E-state index in [-0.39, 0.29) is 11.7 Å². The van der Waals surface area contributed by atoms with Crippen molar-refractivity contribution in [2.45, 2.75) is 32.0 Å². The van der Waals surface area contributed by atoms with Gasteiger partial charge in [-0.05, 0) is 42.3 Å². The molecule has 0 fully saturated rings. The predicted octanol–water partition coefficient (Wildman–Crippen LogP) is 5.18. The van der Waals surface area contributed by atoms with Crippen molar-refractivity contribution in [3.05, 3.63) is 66.7 Å². The van der Waals surface area contributed by atoms with Crippen LogP contribution in [0.2, 0.25) is 0 Å². The first-order valence-corrected chi connectivity index (χ1v) is 10.6. The highest BCUT2D eigenvalue weighted by atomic mass is 32.2. The van der Waals surface area contributed by atoms with Gasteiger partial charge in [0.25, 0.3) is 0 Å². The molecule has 29 heavy (non-hydrogen) atoms. The number of benzene rings is 2. The second-order valence-electron chi connectivity index (χ2n) is 7.22. The van der Waals surface area contributed by atoms with Crippen molar-refractivity contribution < 1.29 is 9.59 Å². The van der Waals surface area contributed by atoms with Gasteiger partial charge in [0.1, 0.15) is 0 Å². The van der Waals surface area contributed by atoms with E-state index in [1.165, 1.54) is 11.8 Å². The van der Waals surface area contributed by atoms with Crippen LogP contribution < -0.4 is 5.32 Å². The van der Waals surface area contributed by atoms with Crippen LogP contribution in [0, 0.1) is 5.92 Å². The number of aromatic nitrogens is 2. The van der Waals surface area contributed by atoms with Crippen LogP contribution in [0.5, 0.6) is 0 Å². The number of nitrogens with one attached hydrogen (secondary N) is 1. The molecule has 0 bridgehead atoms. The molecule has 1 N–H and O–H groups in total. The fraction of sp³-hybridized carbons (Fsp3) is 0.261. The Morgan fingerprint density at radius 2 is 1.90 bits per heavy atom. The van der Waals surface area contributed by atoms with E-state index in [2.05, 4.69) is 21.4 Å².